The summed E-state index contributed by atoms with van der Waals surface area (Å²) in [5, 5.41) is 12.2. The molecule has 110 valence electrons. The summed E-state index contributed by atoms with van der Waals surface area (Å²) < 4.78 is 0. The predicted octanol–water partition coefficient (Wildman–Crippen LogP) is 0.977. The third-order valence-electron chi connectivity index (χ3n) is 3.43. The van der Waals surface area contributed by atoms with Gasteiger partial charge in [0.05, 0.1) is 0 Å². The van der Waals surface area contributed by atoms with E-state index in [0.29, 0.717) is 13.1 Å². The smallest absolute Gasteiger partial charge is 0.323 e. The van der Waals surface area contributed by atoms with E-state index >= 15 is 0 Å². The van der Waals surface area contributed by atoms with Gasteiger partial charge in [-0.3, -0.25) is 4.79 Å². The molecular weight excluding hydrogens is 246 g/mol. The standard InChI is InChI=1S/C13H25N3O3/c1-3-9-15(10-12(17)18)13(19)16(4-2)11-5-7-14-8-6-11/h11,14H,3-10H2,1-2H3,(H,17,18). The van der Waals surface area contributed by atoms with Gasteiger partial charge in [0.15, 0.2) is 0 Å². The van der Waals surface area contributed by atoms with Gasteiger partial charge >= 0.3 is 12.0 Å². The average molecular weight is 271 g/mol. The van der Waals surface area contributed by atoms with E-state index in [1.165, 1.54) is 4.90 Å². The van der Waals surface area contributed by atoms with Crippen molar-refractivity contribution in [1.29, 1.82) is 0 Å². The highest BCUT2D eigenvalue weighted by molar-refractivity contribution is 5.80. The van der Waals surface area contributed by atoms with Crippen molar-refractivity contribution >= 4 is 12.0 Å². The molecule has 0 unspecified atom stereocenters. The van der Waals surface area contributed by atoms with Crippen molar-refractivity contribution in [2.75, 3.05) is 32.7 Å². The van der Waals surface area contributed by atoms with Crippen LogP contribution in [0.3, 0.4) is 0 Å². The topological polar surface area (TPSA) is 72.9 Å². The van der Waals surface area contributed by atoms with Gasteiger partial charge in [0.2, 0.25) is 0 Å². The molecule has 1 aliphatic heterocycles. The Morgan fingerprint density at radius 1 is 1.26 bits per heavy atom. The number of piperidine rings is 1. The number of hydrogen-bond acceptors (Lipinski definition) is 3. The number of carbonyl (C=O) groups is 2. The lowest BCUT2D eigenvalue weighted by Crippen LogP contribution is -2.52. The zero-order valence-electron chi connectivity index (χ0n) is 11.9. The van der Waals surface area contributed by atoms with Crippen LogP contribution in [0.15, 0.2) is 0 Å². The zero-order chi connectivity index (χ0) is 14.3. The van der Waals surface area contributed by atoms with Crippen molar-refractivity contribution in [1.82, 2.24) is 15.1 Å². The first-order valence-corrected chi connectivity index (χ1v) is 7.08. The quantitative estimate of drug-likeness (QED) is 0.755. The van der Waals surface area contributed by atoms with Crippen LogP contribution in [0.4, 0.5) is 4.79 Å². The number of nitrogens with one attached hydrogen (secondary N) is 1. The molecule has 0 aliphatic carbocycles. The van der Waals surface area contributed by atoms with Crippen molar-refractivity contribution in [3.63, 3.8) is 0 Å². The van der Waals surface area contributed by atoms with Gasteiger partial charge < -0.3 is 20.2 Å². The van der Waals surface area contributed by atoms with Gasteiger partial charge in [-0.05, 0) is 39.3 Å². The SMILES string of the molecule is CCCN(CC(=O)O)C(=O)N(CC)C1CCNCC1. The van der Waals surface area contributed by atoms with E-state index in [1.807, 2.05) is 18.7 Å². The van der Waals surface area contributed by atoms with Crippen LogP contribution in [0.25, 0.3) is 0 Å². The Morgan fingerprint density at radius 2 is 1.89 bits per heavy atom. The fourth-order valence-electron chi connectivity index (χ4n) is 2.53. The van der Waals surface area contributed by atoms with Crippen LogP contribution in [0.2, 0.25) is 0 Å². The molecule has 2 amide bonds. The van der Waals surface area contributed by atoms with Gasteiger partial charge in [-0.15, -0.1) is 0 Å². The highest BCUT2D eigenvalue weighted by Crippen LogP contribution is 2.14. The number of urea groups is 1. The summed E-state index contributed by atoms with van der Waals surface area (Å²) in [6.07, 6.45) is 2.64. The minimum Gasteiger partial charge on any atom is -0.480 e. The average Bonchev–Trinajstić information content (AvgIpc) is 2.39. The number of carboxylic acid groups (broad SMARTS) is 1. The molecule has 1 fully saturated rings. The van der Waals surface area contributed by atoms with Crippen LogP contribution in [0.1, 0.15) is 33.1 Å². The number of nitrogens with zero attached hydrogens (tertiary/aromatic N) is 2. The Labute approximate surface area is 114 Å². The van der Waals surface area contributed by atoms with E-state index in [-0.39, 0.29) is 18.6 Å². The maximum Gasteiger partial charge on any atom is 0.323 e. The predicted molar refractivity (Wildman–Crippen MR) is 73.2 cm³/mol. The molecule has 6 heteroatoms. The number of amides is 2. The maximum absolute atomic E-state index is 12.5. The van der Waals surface area contributed by atoms with Crippen molar-refractivity contribution in [2.45, 2.75) is 39.2 Å². The molecule has 1 rings (SSSR count). The lowest BCUT2D eigenvalue weighted by molar-refractivity contribution is -0.137. The fraction of sp³-hybridized carbons (Fsp3) is 0.846. The molecule has 0 aromatic rings. The van der Waals surface area contributed by atoms with Gasteiger partial charge in [-0.25, -0.2) is 4.79 Å². The van der Waals surface area contributed by atoms with Gasteiger partial charge in [0.25, 0.3) is 0 Å². The maximum atomic E-state index is 12.5. The largest absolute Gasteiger partial charge is 0.480 e. The molecule has 0 saturated carbocycles. The summed E-state index contributed by atoms with van der Waals surface area (Å²) in [6.45, 7) is 6.64. The molecule has 1 heterocycles. The molecule has 2 N–H and O–H groups in total. The highest BCUT2D eigenvalue weighted by atomic mass is 16.4. The molecular formula is C13H25N3O3. The Morgan fingerprint density at radius 3 is 2.37 bits per heavy atom. The monoisotopic (exact) mass is 271 g/mol. The molecule has 19 heavy (non-hydrogen) atoms. The van der Waals surface area contributed by atoms with Crippen LogP contribution >= 0.6 is 0 Å². The van der Waals surface area contributed by atoms with E-state index < -0.39 is 5.97 Å². The van der Waals surface area contributed by atoms with Crippen molar-refractivity contribution in [2.24, 2.45) is 0 Å². The molecule has 1 saturated heterocycles. The zero-order valence-corrected chi connectivity index (χ0v) is 11.9. The third-order valence-corrected chi connectivity index (χ3v) is 3.43. The number of hydrogen-bond donors (Lipinski definition) is 2. The summed E-state index contributed by atoms with van der Waals surface area (Å²) in [4.78, 5) is 26.6. The van der Waals surface area contributed by atoms with Crippen LogP contribution in [0.5, 0.6) is 0 Å². The number of carboxylic acids is 1. The molecule has 0 atom stereocenters. The third kappa shape index (κ3) is 4.70. The summed E-state index contributed by atoms with van der Waals surface area (Å²) in [7, 11) is 0. The Balaban J connectivity index is 2.69. The summed E-state index contributed by atoms with van der Waals surface area (Å²) in [5.74, 6) is -0.955. The molecule has 0 aromatic carbocycles. The van der Waals surface area contributed by atoms with Crippen molar-refractivity contribution < 1.29 is 14.7 Å². The minimum absolute atomic E-state index is 0.140. The summed E-state index contributed by atoms with van der Waals surface area (Å²) in [6, 6.07) is 0.0885. The molecule has 0 spiro atoms. The molecule has 0 aromatic heterocycles. The molecule has 0 bridgehead atoms. The summed E-state index contributed by atoms with van der Waals surface area (Å²) >= 11 is 0. The first kappa shape index (κ1) is 15.8. The normalized spacial score (nSPS) is 16.1. The van der Waals surface area contributed by atoms with Crippen LogP contribution in [0, 0.1) is 0 Å². The second-order valence-electron chi connectivity index (χ2n) is 4.87. The summed E-state index contributed by atoms with van der Waals surface area (Å²) in [5.41, 5.74) is 0. The van der Waals surface area contributed by atoms with E-state index in [0.717, 1.165) is 32.4 Å². The van der Waals surface area contributed by atoms with Gasteiger partial charge in [-0.2, -0.15) is 0 Å². The minimum atomic E-state index is -0.955. The second-order valence-corrected chi connectivity index (χ2v) is 4.87. The highest BCUT2D eigenvalue weighted by Gasteiger charge is 2.28. The van der Waals surface area contributed by atoms with Gasteiger partial charge in [-0.1, -0.05) is 6.92 Å². The van der Waals surface area contributed by atoms with Gasteiger partial charge in [0.1, 0.15) is 6.54 Å². The molecule has 0 radical (unpaired) electrons. The number of aliphatic carboxylic acids is 1. The van der Waals surface area contributed by atoms with E-state index in [4.69, 9.17) is 5.11 Å². The number of carbonyl (C=O) groups excluding carboxylic acids is 1. The Bertz CT molecular complexity index is 304. The van der Waals surface area contributed by atoms with E-state index in [1.54, 1.807) is 0 Å². The first-order chi connectivity index (χ1) is 9.10. The van der Waals surface area contributed by atoms with Crippen LogP contribution < -0.4 is 5.32 Å². The first-order valence-electron chi connectivity index (χ1n) is 7.08. The van der Waals surface area contributed by atoms with Crippen molar-refractivity contribution in [3.05, 3.63) is 0 Å². The fourth-order valence-corrected chi connectivity index (χ4v) is 2.53. The Hall–Kier alpha value is -1.30. The lowest BCUT2D eigenvalue weighted by Gasteiger charge is -2.37. The molecule has 6 nitrogen and oxygen atoms in total. The van der Waals surface area contributed by atoms with E-state index in [9.17, 15) is 9.59 Å². The second kappa shape index (κ2) is 7.99. The number of rotatable bonds is 6. The van der Waals surface area contributed by atoms with Gasteiger partial charge in [0, 0.05) is 19.1 Å². The molecule has 1 aliphatic rings. The Kier molecular flexibility index (Phi) is 6.62. The van der Waals surface area contributed by atoms with Crippen LogP contribution in [-0.4, -0.2) is 65.7 Å². The van der Waals surface area contributed by atoms with Crippen LogP contribution in [-0.2, 0) is 4.79 Å². The van der Waals surface area contributed by atoms with E-state index in [2.05, 4.69) is 5.32 Å². The van der Waals surface area contributed by atoms with Crippen molar-refractivity contribution in [3.8, 4) is 0 Å². The lowest BCUT2D eigenvalue weighted by atomic mass is 10.1.